The van der Waals surface area contributed by atoms with E-state index in [0.29, 0.717) is 33.5 Å². The minimum absolute atomic E-state index is 0.291. The minimum Gasteiger partial charge on any atom is -0.423 e. The van der Waals surface area contributed by atoms with Gasteiger partial charge in [-0.15, -0.1) is 0 Å². The molecule has 0 radical (unpaired) electrons. The number of carbonyl (C=O) groups is 1. The van der Waals surface area contributed by atoms with Crippen molar-refractivity contribution in [1.29, 1.82) is 5.26 Å². The van der Waals surface area contributed by atoms with E-state index in [9.17, 15) is 9.18 Å². The second kappa shape index (κ2) is 7.53. The maximum Gasteiger partial charge on any atom is 0.345 e. The first-order valence-corrected chi connectivity index (χ1v) is 8.93. The number of nitriles is 1. The Morgan fingerprint density at radius 3 is 2.28 bits per heavy atom. The highest BCUT2D eigenvalue weighted by atomic mass is 19.1. The molecule has 0 atom stereocenters. The van der Waals surface area contributed by atoms with E-state index in [1.165, 1.54) is 12.1 Å². The van der Waals surface area contributed by atoms with E-state index in [4.69, 9.17) is 10.00 Å². The minimum atomic E-state index is -0.549. The van der Waals surface area contributed by atoms with Crippen LogP contribution in [0.2, 0.25) is 0 Å². The Labute approximate surface area is 166 Å². The van der Waals surface area contributed by atoms with E-state index < -0.39 is 5.97 Å². The lowest BCUT2D eigenvalue weighted by Crippen LogP contribution is -2.11. The smallest absolute Gasteiger partial charge is 0.345 e. The first-order chi connectivity index (χ1) is 14.0. The molecule has 0 amide bonds. The Hall–Kier alpha value is -4.04. The van der Waals surface area contributed by atoms with Crippen LogP contribution in [0.1, 0.15) is 21.6 Å². The highest BCUT2D eigenvalue weighted by Gasteiger charge is 2.14. The molecule has 1 heterocycles. The fourth-order valence-electron chi connectivity index (χ4n) is 3.06. The van der Waals surface area contributed by atoms with Crippen LogP contribution >= 0.6 is 0 Å². The van der Waals surface area contributed by atoms with Gasteiger partial charge in [0.25, 0.3) is 0 Å². The van der Waals surface area contributed by atoms with Crippen LogP contribution < -0.4 is 4.74 Å². The van der Waals surface area contributed by atoms with E-state index in [0.717, 1.165) is 11.1 Å². The molecule has 29 heavy (non-hydrogen) atoms. The Kier molecular flexibility index (Phi) is 4.76. The summed E-state index contributed by atoms with van der Waals surface area (Å²) in [6.45, 7) is 1.72. The number of nitrogens with zero attached hydrogens (tertiary/aromatic N) is 2. The quantitative estimate of drug-likeness (QED) is 0.350. The zero-order valence-electron chi connectivity index (χ0n) is 15.5. The molecule has 4 nitrogen and oxygen atoms in total. The molecule has 0 aliphatic carbocycles. The van der Waals surface area contributed by atoms with Crippen molar-refractivity contribution >= 4 is 16.9 Å². The average Bonchev–Trinajstić information content (AvgIpc) is 2.74. The second-order valence-electron chi connectivity index (χ2n) is 6.56. The number of halogens is 1. The Bertz CT molecular complexity index is 1260. The second-order valence-corrected chi connectivity index (χ2v) is 6.56. The Morgan fingerprint density at radius 1 is 0.966 bits per heavy atom. The molecule has 4 rings (SSSR count). The van der Waals surface area contributed by atoms with Gasteiger partial charge in [-0.05, 0) is 66.6 Å². The van der Waals surface area contributed by atoms with Crippen LogP contribution in [0.4, 0.5) is 4.39 Å². The fourth-order valence-corrected chi connectivity index (χ4v) is 3.06. The van der Waals surface area contributed by atoms with Gasteiger partial charge in [0.05, 0.1) is 28.4 Å². The number of hydrogen-bond acceptors (Lipinski definition) is 4. The van der Waals surface area contributed by atoms with Gasteiger partial charge >= 0.3 is 5.97 Å². The number of pyridine rings is 1. The van der Waals surface area contributed by atoms with Crippen molar-refractivity contribution in [2.45, 2.75) is 6.92 Å². The van der Waals surface area contributed by atoms with Crippen molar-refractivity contribution in [1.82, 2.24) is 4.98 Å². The summed E-state index contributed by atoms with van der Waals surface area (Å²) in [6.07, 6.45) is 0. The number of hydrogen-bond donors (Lipinski definition) is 0. The molecule has 0 unspecified atom stereocenters. The number of carbonyl (C=O) groups excluding carboxylic acids is 1. The fraction of sp³-hybridized carbons (Fsp3) is 0.0417. The maximum absolute atomic E-state index is 13.5. The molecular formula is C24H15FN2O2. The van der Waals surface area contributed by atoms with Crippen LogP contribution in [-0.2, 0) is 0 Å². The molecule has 3 aromatic carbocycles. The zero-order valence-corrected chi connectivity index (χ0v) is 15.5. The van der Waals surface area contributed by atoms with Gasteiger partial charge in [-0.25, -0.2) is 9.18 Å². The predicted octanol–water partition coefficient (Wildman–Crippen LogP) is 5.44. The Morgan fingerprint density at radius 2 is 1.62 bits per heavy atom. The van der Waals surface area contributed by atoms with Gasteiger partial charge in [-0.2, -0.15) is 5.26 Å². The summed E-state index contributed by atoms with van der Waals surface area (Å²) in [5, 5.41) is 9.42. The van der Waals surface area contributed by atoms with Gasteiger partial charge in [0.2, 0.25) is 0 Å². The predicted molar refractivity (Wildman–Crippen MR) is 108 cm³/mol. The highest BCUT2D eigenvalue weighted by molar-refractivity contribution is 5.96. The molecule has 0 saturated heterocycles. The maximum atomic E-state index is 13.5. The number of rotatable bonds is 3. The van der Waals surface area contributed by atoms with Gasteiger partial charge in [-0.1, -0.05) is 24.3 Å². The lowest BCUT2D eigenvalue weighted by atomic mass is 10.0. The van der Waals surface area contributed by atoms with Crippen LogP contribution in [0.25, 0.3) is 22.0 Å². The van der Waals surface area contributed by atoms with Crippen LogP contribution in [0, 0.1) is 24.1 Å². The van der Waals surface area contributed by atoms with Crippen molar-refractivity contribution < 1.29 is 13.9 Å². The van der Waals surface area contributed by atoms with Crippen LogP contribution in [-0.4, -0.2) is 11.0 Å². The first-order valence-electron chi connectivity index (χ1n) is 8.93. The molecule has 0 fully saturated rings. The van der Waals surface area contributed by atoms with Crippen molar-refractivity contribution in [3.8, 4) is 22.9 Å². The van der Waals surface area contributed by atoms with Gasteiger partial charge < -0.3 is 4.74 Å². The summed E-state index contributed by atoms with van der Waals surface area (Å²) in [4.78, 5) is 17.0. The largest absolute Gasteiger partial charge is 0.423 e. The van der Waals surface area contributed by atoms with E-state index in [1.54, 1.807) is 43.3 Å². The third kappa shape index (κ3) is 3.83. The summed E-state index contributed by atoms with van der Waals surface area (Å²) >= 11 is 0. The normalized spacial score (nSPS) is 10.5. The molecule has 5 heteroatoms. The summed E-state index contributed by atoms with van der Waals surface area (Å²) < 4.78 is 18.9. The Balaban J connectivity index is 1.56. The van der Waals surface area contributed by atoms with Crippen LogP contribution in [0.15, 0.2) is 72.8 Å². The van der Waals surface area contributed by atoms with Crippen molar-refractivity contribution in [3.05, 3.63) is 95.4 Å². The van der Waals surface area contributed by atoms with E-state index in [2.05, 4.69) is 11.1 Å². The molecule has 0 spiro atoms. The average molecular weight is 382 g/mol. The summed E-state index contributed by atoms with van der Waals surface area (Å²) in [6, 6.07) is 22.2. The number of benzene rings is 3. The molecule has 0 saturated carbocycles. The number of esters is 1. The SMILES string of the molecule is Cc1nc2ccc(F)cc2cc1C(=O)Oc1ccc(-c2ccc(C#N)cc2)cc1. The van der Waals surface area contributed by atoms with Crippen LogP contribution in [0.3, 0.4) is 0 Å². The summed E-state index contributed by atoms with van der Waals surface area (Å²) in [5.74, 6) is -0.542. The van der Waals surface area contributed by atoms with Gasteiger partial charge in [0.1, 0.15) is 11.6 Å². The van der Waals surface area contributed by atoms with Gasteiger partial charge in [0, 0.05) is 5.39 Å². The lowest BCUT2D eigenvalue weighted by molar-refractivity contribution is 0.0733. The topological polar surface area (TPSA) is 63.0 Å². The third-order valence-corrected chi connectivity index (χ3v) is 4.60. The number of aryl methyl sites for hydroxylation is 1. The lowest BCUT2D eigenvalue weighted by Gasteiger charge is -2.09. The number of aromatic nitrogens is 1. The van der Waals surface area contributed by atoms with Crippen molar-refractivity contribution in [3.63, 3.8) is 0 Å². The van der Waals surface area contributed by atoms with E-state index in [1.807, 2.05) is 24.3 Å². The van der Waals surface area contributed by atoms with E-state index >= 15 is 0 Å². The van der Waals surface area contributed by atoms with E-state index in [-0.39, 0.29) is 5.82 Å². The summed E-state index contributed by atoms with van der Waals surface area (Å²) in [7, 11) is 0. The number of fused-ring (bicyclic) bond motifs is 1. The first kappa shape index (κ1) is 18.3. The molecular weight excluding hydrogens is 367 g/mol. The molecule has 1 aromatic heterocycles. The number of ether oxygens (including phenoxy) is 1. The van der Waals surface area contributed by atoms with Crippen molar-refractivity contribution in [2.75, 3.05) is 0 Å². The summed E-state index contributed by atoms with van der Waals surface area (Å²) in [5.41, 5.74) is 3.92. The van der Waals surface area contributed by atoms with Crippen molar-refractivity contribution in [2.24, 2.45) is 0 Å². The zero-order chi connectivity index (χ0) is 20.4. The molecule has 0 aliphatic heterocycles. The molecule has 0 bridgehead atoms. The van der Waals surface area contributed by atoms with Crippen LogP contribution in [0.5, 0.6) is 5.75 Å². The molecule has 0 N–H and O–H groups in total. The molecule has 0 aliphatic rings. The standard InChI is InChI=1S/C24H15FN2O2/c1-15-22(13-19-12-20(25)8-11-23(19)27-15)24(28)29-21-9-6-18(7-10-21)17-4-2-16(14-26)3-5-17/h2-13H,1H3. The monoisotopic (exact) mass is 382 g/mol. The molecule has 4 aromatic rings. The third-order valence-electron chi connectivity index (χ3n) is 4.60. The van der Waals surface area contributed by atoms with Gasteiger partial charge in [0.15, 0.2) is 0 Å². The highest BCUT2D eigenvalue weighted by Crippen LogP contribution is 2.24. The van der Waals surface area contributed by atoms with Gasteiger partial charge in [-0.3, -0.25) is 4.98 Å². The molecule has 140 valence electrons.